The highest BCUT2D eigenvalue weighted by Gasteiger charge is 2.17. The lowest BCUT2D eigenvalue weighted by atomic mass is 9.97. The molecule has 0 spiro atoms. The van der Waals surface area contributed by atoms with Crippen LogP contribution in [0.15, 0.2) is 48.5 Å². The monoisotopic (exact) mass is 279 g/mol. The Morgan fingerprint density at radius 1 is 1.14 bits per heavy atom. The van der Waals surface area contributed by atoms with Gasteiger partial charge in [-0.1, -0.05) is 42.0 Å². The first kappa shape index (κ1) is 13.8. The van der Waals surface area contributed by atoms with Crippen LogP contribution in [0.4, 0.5) is 0 Å². The summed E-state index contributed by atoms with van der Waals surface area (Å²) in [7, 11) is 2.07. The molecule has 0 saturated carbocycles. The molecular formula is C18H21N3. The molecule has 3 nitrogen and oxygen atoms in total. The van der Waals surface area contributed by atoms with Crippen LogP contribution in [-0.2, 0) is 13.5 Å². The van der Waals surface area contributed by atoms with Gasteiger partial charge in [-0.3, -0.25) is 0 Å². The van der Waals surface area contributed by atoms with Crippen molar-refractivity contribution in [1.82, 2.24) is 9.55 Å². The van der Waals surface area contributed by atoms with Gasteiger partial charge in [0.05, 0.1) is 11.0 Å². The Hall–Kier alpha value is -2.13. The smallest absolute Gasteiger partial charge is 0.114 e. The van der Waals surface area contributed by atoms with Crippen molar-refractivity contribution < 1.29 is 0 Å². The second kappa shape index (κ2) is 5.70. The van der Waals surface area contributed by atoms with Crippen molar-refractivity contribution in [3.05, 3.63) is 65.5 Å². The van der Waals surface area contributed by atoms with E-state index in [4.69, 9.17) is 10.7 Å². The van der Waals surface area contributed by atoms with E-state index in [-0.39, 0.29) is 5.92 Å². The van der Waals surface area contributed by atoms with Crippen LogP contribution < -0.4 is 5.73 Å². The zero-order chi connectivity index (χ0) is 14.8. The highest BCUT2D eigenvalue weighted by atomic mass is 15.1. The lowest BCUT2D eigenvalue weighted by molar-refractivity contribution is 0.622. The Morgan fingerprint density at radius 3 is 2.67 bits per heavy atom. The molecule has 1 aromatic heterocycles. The molecule has 0 bridgehead atoms. The van der Waals surface area contributed by atoms with Crippen LogP contribution >= 0.6 is 0 Å². The van der Waals surface area contributed by atoms with Gasteiger partial charge in [0.25, 0.3) is 0 Å². The molecule has 0 aliphatic heterocycles. The first-order chi connectivity index (χ1) is 10.2. The van der Waals surface area contributed by atoms with Gasteiger partial charge < -0.3 is 10.3 Å². The minimum atomic E-state index is 0.240. The van der Waals surface area contributed by atoms with Gasteiger partial charge in [-0.2, -0.15) is 0 Å². The molecule has 0 saturated heterocycles. The molecule has 0 radical (unpaired) electrons. The lowest BCUT2D eigenvalue weighted by Crippen LogP contribution is -2.18. The number of hydrogen-bond donors (Lipinski definition) is 1. The maximum atomic E-state index is 6.03. The van der Waals surface area contributed by atoms with Gasteiger partial charge in [0, 0.05) is 19.5 Å². The third kappa shape index (κ3) is 2.69. The van der Waals surface area contributed by atoms with Gasteiger partial charge in [-0.05, 0) is 31.0 Å². The van der Waals surface area contributed by atoms with Crippen LogP contribution in [0.1, 0.15) is 22.9 Å². The average molecular weight is 279 g/mol. The summed E-state index contributed by atoms with van der Waals surface area (Å²) < 4.78 is 2.17. The van der Waals surface area contributed by atoms with Gasteiger partial charge >= 0.3 is 0 Å². The fourth-order valence-electron chi connectivity index (χ4n) is 2.93. The number of nitrogens with two attached hydrogens (primary N) is 1. The fraction of sp³-hybridized carbons (Fsp3) is 0.278. The van der Waals surface area contributed by atoms with Crippen molar-refractivity contribution in [1.29, 1.82) is 0 Å². The van der Waals surface area contributed by atoms with Gasteiger partial charge in [0.1, 0.15) is 5.82 Å². The van der Waals surface area contributed by atoms with Gasteiger partial charge in [-0.25, -0.2) is 4.98 Å². The normalized spacial score (nSPS) is 12.7. The molecule has 21 heavy (non-hydrogen) atoms. The summed E-state index contributed by atoms with van der Waals surface area (Å²) in [6.45, 7) is 2.72. The molecule has 3 heteroatoms. The number of para-hydroxylation sites is 2. The molecule has 2 N–H and O–H groups in total. The van der Waals surface area contributed by atoms with E-state index in [9.17, 15) is 0 Å². The fourth-order valence-corrected chi connectivity index (χ4v) is 2.93. The van der Waals surface area contributed by atoms with E-state index in [0.717, 1.165) is 23.3 Å². The van der Waals surface area contributed by atoms with Crippen molar-refractivity contribution in [2.75, 3.05) is 6.54 Å². The number of aryl methyl sites for hydroxylation is 2. The molecule has 0 amide bonds. The third-order valence-electron chi connectivity index (χ3n) is 4.04. The number of aromatic nitrogens is 2. The molecule has 1 unspecified atom stereocenters. The largest absolute Gasteiger partial charge is 0.331 e. The van der Waals surface area contributed by atoms with Crippen LogP contribution in [-0.4, -0.2) is 16.1 Å². The molecule has 1 heterocycles. The van der Waals surface area contributed by atoms with E-state index in [1.165, 1.54) is 11.1 Å². The highest BCUT2D eigenvalue weighted by molar-refractivity contribution is 5.75. The third-order valence-corrected chi connectivity index (χ3v) is 4.04. The van der Waals surface area contributed by atoms with E-state index in [2.05, 4.69) is 54.9 Å². The van der Waals surface area contributed by atoms with Crippen LogP contribution in [0.3, 0.4) is 0 Å². The Labute approximate surface area is 125 Å². The summed E-state index contributed by atoms with van der Waals surface area (Å²) in [6.07, 6.45) is 0.926. The predicted octanol–water partition coefficient (Wildman–Crippen LogP) is 3.17. The van der Waals surface area contributed by atoms with E-state index < -0.39 is 0 Å². The number of nitrogens with zero attached hydrogens (tertiary/aromatic N) is 2. The molecular weight excluding hydrogens is 258 g/mol. The SMILES string of the molecule is Cc1cccc(CC(CN)c2nc3ccccc3n2C)c1. The Kier molecular flexibility index (Phi) is 3.76. The van der Waals surface area contributed by atoms with Crippen LogP contribution in [0.2, 0.25) is 0 Å². The summed E-state index contributed by atoms with van der Waals surface area (Å²) in [5, 5.41) is 0. The molecule has 0 fully saturated rings. The highest BCUT2D eigenvalue weighted by Crippen LogP contribution is 2.23. The van der Waals surface area contributed by atoms with E-state index >= 15 is 0 Å². The quantitative estimate of drug-likeness (QED) is 0.797. The van der Waals surface area contributed by atoms with Gasteiger partial charge in [0.15, 0.2) is 0 Å². The van der Waals surface area contributed by atoms with Crippen LogP contribution in [0, 0.1) is 6.92 Å². The summed E-state index contributed by atoms with van der Waals surface area (Å²) in [5.41, 5.74) is 10.8. The maximum Gasteiger partial charge on any atom is 0.114 e. The topological polar surface area (TPSA) is 43.8 Å². The molecule has 3 aromatic rings. The zero-order valence-electron chi connectivity index (χ0n) is 12.6. The standard InChI is InChI=1S/C18H21N3/c1-13-6-5-7-14(10-13)11-15(12-19)18-20-16-8-3-4-9-17(16)21(18)2/h3-10,15H,11-12,19H2,1-2H3. The Morgan fingerprint density at radius 2 is 1.95 bits per heavy atom. The predicted molar refractivity (Wildman–Crippen MR) is 87.4 cm³/mol. The molecule has 0 aliphatic carbocycles. The van der Waals surface area contributed by atoms with Crippen LogP contribution in [0.5, 0.6) is 0 Å². The summed E-state index contributed by atoms with van der Waals surface area (Å²) >= 11 is 0. The Bertz CT molecular complexity index is 758. The van der Waals surface area contributed by atoms with Crippen molar-refractivity contribution in [2.45, 2.75) is 19.3 Å². The van der Waals surface area contributed by atoms with Crippen molar-refractivity contribution >= 4 is 11.0 Å². The number of fused-ring (bicyclic) bond motifs is 1. The molecule has 108 valence electrons. The molecule has 1 atom stereocenters. The average Bonchev–Trinajstić information content (AvgIpc) is 2.82. The van der Waals surface area contributed by atoms with E-state index in [1.807, 2.05) is 12.1 Å². The Balaban J connectivity index is 1.96. The van der Waals surface area contributed by atoms with E-state index in [1.54, 1.807) is 0 Å². The number of benzene rings is 2. The van der Waals surface area contributed by atoms with Crippen molar-refractivity contribution in [2.24, 2.45) is 12.8 Å². The number of rotatable bonds is 4. The summed E-state index contributed by atoms with van der Waals surface area (Å²) in [5.74, 6) is 1.31. The minimum absolute atomic E-state index is 0.240. The number of hydrogen-bond acceptors (Lipinski definition) is 2. The molecule has 0 aliphatic rings. The first-order valence-corrected chi connectivity index (χ1v) is 7.36. The van der Waals surface area contributed by atoms with E-state index in [0.29, 0.717) is 6.54 Å². The summed E-state index contributed by atoms with van der Waals surface area (Å²) in [6, 6.07) is 16.8. The second-order valence-electron chi connectivity index (χ2n) is 5.64. The maximum absolute atomic E-state index is 6.03. The van der Waals surface area contributed by atoms with Crippen molar-refractivity contribution in [3.8, 4) is 0 Å². The van der Waals surface area contributed by atoms with Gasteiger partial charge in [0.2, 0.25) is 0 Å². The zero-order valence-corrected chi connectivity index (χ0v) is 12.6. The minimum Gasteiger partial charge on any atom is -0.331 e. The second-order valence-corrected chi connectivity index (χ2v) is 5.64. The van der Waals surface area contributed by atoms with Crippen LogP contribution in [0.25, 0.3) is 11.0 Å². The first-order valence-electron chi connectivity index (χ1n) is 7.36. The molecule has 2 aromatic carbocycles. The van der Waals surface area contributed by atoms with Crippen molar-refractivity contribution in [3.63, 3.8) is 0 Å². The number of imidazole rings is 1. The lowest BCUT2D eigenvalue weighted by Gasteiger charge is -2.15. The molecule has 3 rings (SSSR count). The summed E-state index contributed by atoms with van der Waals surface area (Å²) in [4.78, 5) is 4.78. The van der Waals surface area contributed by atoms with Gasteiger partial charge in [-0.15, -0.1) is 0 Å².